The van der Waals surface area contributed by atoms with Crippen LogP contribution >= 0.6 is 0 Å². The maximum absolute atomic E-state index is 12.3. The average molecular weight is 284 g/mol. The molecular weight excluding hydrogens is 260 g/mol. The molecular formula is C14H24N2O2S. The molecule has 0 amide bonds. The summed E-state index contributed by atoms with van der Waals surface area (Å²) in [5, 5.41) is 0. The zero-order valence-corrected chi connectivity index (χ0v) is 12.6. The normalized spacial score (nSPS) is 11.9. The Bertz CT molecular complexity index is 469. The number of anilines is 1. The fourth-order valence-electron chi connectivity index (χ4n) is 1.85. The van der Waals surface area contributed by atoms with E-state index in [9.17, 15) is 8.42 Å². The van der Waals surface area contributed by atoms with Crippen LogP contribution in [0.3, 0.4) is 0 Å². The zero-order valence-electron chi connectivity index (χ0n) is 11.8. The standard InChI is InChI=1S/C14H24N2O2S/c1-3-5-11-19(17,18)16(10-4-2)12-13-6-8-14(15)9-7-13/h6-9H,3-5,10-12,15H2,1-2H3. The second-order valence-electron chi connectivity index (χ2n) is 4.74. The van der Waals surface area contributed by atoms with E-state index in [-0.39, 0.29) is 5.75 Å². The van der Waals surface area contributed by atoms with E-state index in [1.54, 1.807) is 16.4 Å². The Hall–Kier alpha value is -1.07. The van der Waals surface area contributed by atoms with Crippen LogP contribution in [0.15, 0.2) is 24.3 Å². The summed E-state index contributed by atoms with van der Waals surface area (Å²) in [7, 11) is -3.15. The van der Waals surface area contributed by atoms with E-state index >= 15 is 0 Å². The molecule has 0 aliphatic heterocycles. The molecule has 19 heavy (non-hydrogen) atoms. The molecule has 0 aromatic heterocycles. The van der Waals surface area contributed by atoms with E-state index in [1.165, 1.54) is 0 Å². The van der Waals surface area contributed by atoms with Crippen molar-refractivity contribution in [3.63, 3.8) is 0 Å². The van der Waals surface area contributed by atoms with Crippen LogP contribution in [0.2, 0.25) is 0 Å². The summed E-state index contributed by atoms with van der Waals surface area (Å²) >= 11 is 0. The summed E-state index contributed by atoms with van der Waals surface area (Å²) in [5.74, 6) is 0.235. The van der Waals surface area contributed by atoms with Crippen LogP contribution in [-0.4, -0.2) is 25.0 Å². The number of rotatable bonds is 8. The maximum atomic E-state index is 12.3. The lowest BCUT2D eigenvalue weighted by molar-refractivity contribution is 0.405. The SMILES string of the molecule is CCCCS(=O)(=O)N(CCC)Cc1ccc(N)cc1. The molecule has 0 fully saturated rings. The van der Waals surface area contributed by atoms with Crippen molar-refractivity contribution in [1.29, 1.82) is 0 Å². The molecule has 0 aliphatic rings. The number of hydrogen-bond donors (Lipinski definition) is 1. The van der Waals surface area contributed by atoms with Crippen molar-refractivity contribution in [2.75, 3.05) is 18.0 Å². The van der Waals surface area contributed by atoms with Gasteiger partial charge in [-0.25, -0.2) is 8.42 Å². The molecule has 0 spiro atoms. The van der Waals surface area contributed by atoms with Crippen molar-refractivity contribution < 1.29 is 8.42 Å². The third-order valence-corrected chi connectivity index (χ3v) is 4.86. The van der Waals surface area contributed by atoms with Gasteiger partial charge in [-0.15, -0.1) is 0 Å². The molecule has 0 bridgehead atoms. The smallest absolute Gasteiger partial charge is 0.214 e. The van der Waals surface area contributed by atoms with Crippen LogP contribution in [0.1, 0.15) is 38.7 Å². The summed E-state index contributed by atoms with van der Waals surface area (Å²) in [6.45, 7) is 4.99. The van der Waals surface area contributed by atoms with Gasteiger partial charge in [0.15, 0.2) is 0 Å². The molecule has 1 rings (SSSR count). The lowest BCUT2D eigenvalue weighted by Crippen LogP contribution is -2.33. The Labute approximate surface area is 116 Å². The van der Waals surface area contributed by atoms with Gasteiger partial charge in [0, 0.05) is 18.8 Å². The molecule has 5 heteroatoms. The van der Waals surface area contributed by atoms with E-state index in [0.29, 0.717) is 25.2 Å². The van der Waals surface area contributed by atoms with E-state index in [2.05, 4.69) is 0 Å². The number of nitrogens with two attached hydrogens (primary N) is 1. The second kappa shape index (κ2) is 7.50. The van der Waals surface area contributed by atoms with Crippen molar-refractivity contribution in [2.45, 2.75) is 39.7 Å². The van der Waals surface area contributed by atoms with Gasteiger partial charge in [0.25, 0.3) is 0 Å². The first-order chi connectivity index (χ1) is 8.99. The molecule has 4 nitrogen and oxygen atoms in total. The first kappa shape index (κ1) is 16.0. The molecule has 1 aromatic rings. The quantitative estimate of drug-likeness (QED) is 0.746. The highest BCUT2D eigenvalue weighted by atomic mass is 32.2. The summed E-state index contributed by atoms with van der Waals surface area (Å²) in [5.41, 5.74) is 7.30. The van der Waals surface area contributed by atoms with E-state index in [1.807, 2.05) is 26.0 Å². The summed E-state index contributed by atoms with van der Waals surface area (Å²) in [4.78, 5) is 0. The number of nitrogen functional groups attached to an aromatic ring is 1. The van der Waals surface area contributed by atoms with Crippen LogP contribution in [0.5, 0.6) is 0 Å². The average Bonchev–Trinajstić information content (AvgIpc) is 2.38. The van der Waals surface area contributed by atoms with Crippen LogP contribution < -0.4 is 5.73 Å². The van der Waals surface area contributed by atoms with Gasteiger partial charge in [0.05, 0.1) is 5.75 Å². The summed E-state index contributed by atoms with van der Waals surface area (Å²) in [6.07, 6.45) is 2.42. The van der Waals surface area contributed by atoms with Gasteiger partial charge in [-0.1, -0.05) is 32.4 Å². The monoisotopic (exact) mass is 284 g/mol. The fraction of sp³-hybridized carbons (Fsp3) is 0.571. The Morgan fingerprint density at radius 2 is 1.74 bits per heavy atom. The predicted octanol–water partition coefficient (Wildman–Crippen LogP) is 2.61. The fourth-order valence-corrected chi connectivity index (χ4v) is 3.57. The second-order valence-corrected chi connectivity index (χ2v) is 6.83. The van der Waals surface area contributed by atoms with Gasteiger partial charge in [-0.3, -0.25) is 0 Å². The van der Waals surface area contributed by atoms with Gasteiger partial charge < -0.3 is 5.73 Å². The minimum Gasteiger partial charge on any atom is -0.399 e. The van der Waals surface area contributed by atoms with E-state index in [4.69, 9.17) is 5.73 Å². The molecule has 0 unspecified atom stereocenters. The summed E-state index contributed by atoms with van der Waals surface area (Å²) in [6, 6.07) is 7.37. The topological polar surface area (TPSA) is 63.4 Å². The molecule has 0 aliphatic carbocycles. The van der Waals surface area contributed by atoms with Gasteiger partial charge in [-0.2, -0.15) is 4.31 Å². The van der Waals surface area contributed by atoms with Gasteiger partial charge in [0.2, 0.25) is 10.0 Å². The zero-order chi connectivity index (χ0) is 14.3. The Morgan fingerprint density at radius 1 is 1.11 bits per heavy atom. The first-order valence-electron chi connectivity index (χ1n) is 6.81. The molecule has 0 saturated carbocycles. The lowest BCUT2D eigenvalue weighted by Gasteiger charge is -2.21. The van der Waals surface area contributed by atoms with Crippen molar-refractivity contribution in [3.05, 3.63) is 29.8 Å². The number of hydrogen-bond acceptors (Lipinski definition) is 3. The molecule has 0 radical (unpaired) electrons. The molecule has 2 N–H and O–H groups in total. The third kappa shape index (κ3) is 5.20. The minimum absolute atomic E-state index is 0.235. The third-order valence-electron chi connectivity index (χ3n) is 2.96. The van der Waals surface area contributed by atoms with Crippen LogP contribution in [-0.2, 0) is 16.6 Å². The molecule has 0 heterocycles. The first-order valence-corrected chi connectivity index (χ1v) is 8.42. The molecule has 108 valence electrons. The van der Waals surface area contributed by atoms with E-state index < -0.39 is 10.0 Å². The van der Waals surface area contributed by atoms with Gasteiger partial charge in [0.1, 0.15) is 0 Å². The van der Waals surface area contributed by atoms with Crippen molar-refractivity contribution in [1.82, 2.24) is 4.31 Å². The highest BCUT2D eigenvalue weighted by Gasteiger charge is 2.20. The lowest BCUT2D eigenvalue weighted by atomic mass is 10.2. The van der Waals surface area contributed by atoms with Crippen LogP contribution in [0.4, 0.5) is 5.69 Å². The predicted molar refractivity (Wildman–Crippen MR) is 80.3 cm³/mol. The molecule has 1 aromatic carbocycles. The van der Waals surface area contributed by atoms with Crippen LogP contribution in [0, 0.1) is 0 Å². The number of sulfonamides is 1. The Kier molecular flexibility index (Phi) is 6.31. The Balaban J connectivity index is 2.79. The summed E-state index contributed by atoms with van der Waals surface area (Å²) < 4.78 is 26.1. The van der Waals surface area contributed by atoms with Crippen molar-refractivity contribution >= 4 is 15.7 Å². The minimum atomic E-state index is -3.15. The number of unbranched alkanes of at least 4 members (excludes halogenated alkanes) is 1. The van der Waals surface area contributed by atoms with E-state index in [0.717, 1.165) is 18.4 Å². The highest BCUT2D eigenvalue weighted by molar-refractivity contribution is 7.89. The largest absolute Gasteiger partial charge is 0.399 e. The number of benzene rings is 1. The molecule has 0 atom stereocenters. The van der Waals surface area contributed by atoms with Gasteiger partial charge in [-0.05, 0) is 30.5 Å². The van der Waals surface area contributed by atoms with Gasteiger partial charge >= 0.3 is 0 Å². The highest BCUT2D eigenvalue weighted by Crippen LogP contribution is 2.13. The van der Waals surface area contributed by atoms with Crippen LogP contribution in [0.25, 0.3) is 0 Å². The van der Waals surface area contributed by atoms with Crippen molar-refractivity contribution in [3.8, 4) is 0 Å². The molecule has 0 saturated heterocycles. The maximum Gasteiger partial charge on any atom is 0.214 e. The number of nitrogens with zero attached hydrogens (tertiary/aromatic N) is 1. The Morgan fingerprint density at radius 3 is 2.26 bits per heavy atom. The van der Waals surface area contributed by atoms with Crippen molar-refractivity contribution in [2.24, 2.45) is 0 Å².